The van der Waals surface area contributed by atoms with Crippen LogP contribution in [0.1, 0.15) is 11.1 Å². The summed E-state index contributed by atoms with van der Waals surface area (Å²) in [5.41, 5.74) is 4.62. The first-order chi connectivity index (χ1) is 9.24. The van der Waals surface area contributed by atoms with E-state index in [1.165, 1.54) is 16.5 Å². The van der Waals surface area contributed by atoms with Crippen LogP contribution in [0.4, 0.5) is 5.69 Å². The van der Waals surface area contributed by atoms with Gasteiger partial charge in [0.1, 0.15) is 0 Å². The maximum atomic E-state index is 4.54. The highest BCUT2D eigenvalue weighted by molar-refractivity contribution is 6.00. The van der Waals surface area contributed by atoms with Crippen molar-refractivity contribution in [2.24, 2.45) is 12.0 Å². The van der Waals surface area contributed by atoms with Gasteiger partial charge in [0.05, 0.1) is 5.69 Å². The van der Waals surface area contributed by atoms with Crippen LogP contribution in [0, 0.1) is 6.92 Å². The lowest BCUT2D eigenvalue weighted by Gasteiger charge is -1.94. The zero-order valence-electron chi connectivity index (χ0n) is 11.2. The molecule has 0 radical (unpaired) electrons. The Labute approximate surface area is 113 Å². The van der Waals surface area contributed by atoms with Crippen LogP contribution < -0.4 is 0 Å². The summed E-state index contributed by atoms with van der Waals surface area (Å²) >= 11 is 0. The average Bonchev–Trinajstić information content (AvgIpc) is 2.76. The fourth-order valence-corrected chi connectivity index (χ4v) is 2.25. The van der Waals surface area contributed by atoms with Gasteiger partial charge in [-0.1, -0.05) is 35.9 Å². The summed E-state index contributed by atoms with van der Waals surface area (Å²) in [6, 6.07) is 16.6. The summed E-state index contributed by atoms with van der Waals surface area (Å²) in [5, 5.41) is 1.24. The van der Waals surface area contributed by atoms with Gasteiger partial charge in [-0.3, -0.25) is 4.99 Å². The summed E-state index contributed by atoms with van der Waals surface area (Å²) in [6.45, 7) is 2.08. The van der Waals surface area contributed by atoms with E-state index in [-0.39, 0.29) is 0 Å². The molecule has 94 valence electrons. The minimum atomic E-state index is 0.985. The third-order valence-electron chi connectivity index (χ3n) is 3.31. The monoisotopic (exact) mass is 248 g/mol. The molecule has 2 heteroatoms. The Morgan fingerprint density at radius 1 is 1.00 bits per heavy atom. The van der Waals surface area contributed by atoms with Crippen LogP contribution in [0.15, 0.2) is 59.7 Å². The van der Waals surface area contributed by atoms with E-state index in [0.29, 0.717) is 0 Å². The van der Waals surface area contributed by atoms with Crippen LogP contribution in [-0.4, -0.2) is 10.8 Å². The summed E-state index contributed by atoms with van der Waals surface area (Å²) in [7, 11) is 2.06. The first kappa shape index (κ1) is 11.7. The summed E-state index contributed by atoms with van der Waals surface area (Å²) in [6.07, 6.45) is 4.05. The molecule has 3 rings (SSSR count). The fourth-order valence-electron chi connectivity index (χ4n) is 2.25. The van der Waals surface area contributed by atoms with E-state index < -0.39 is 0 Å². The molecule has 0 unspecified atom stereocenters. The van der Waals surface area contributed by atoms with E-state index in [0.717, 1.165) is 11.3 Å². The molecule has 2 nitrogen and oxygen atoms in total. The number of aromatic nitrogens is 1. The zero-order chi connectivity index (χ0) is 13.2. The minimum Gasteiger partial charge on any atom is -0.350 e. The number of aliphatic imine (C=N–C) groups is 1. The third-order valence-corrected chi connectivity index (χ3v) is 3.31. The van der Waals surface area contributed by atoms with Crippen LogP contribution in [0.3, 0.4) is 0 Å². The number of hydrogen-bond donors (Lipinski definition) is 0. The first-order valence-electron chi connectivity index (χ1n) is 6.39. The first-order valence-corrected chi connectivity index (χ1v) is 6.39. The van der Waals surface area contributed by atoms with E-state index in [2.05, 4.69) is 66.1 Å². The van der Waals surface area contributed by atoms with Crippen molar-refractivity contribution >= 4 is 22.8 Å². The van der Waals surface area contributed by atoms with E-state index in [1.54, 1.807) is 0 Å². The molecule has 0 aliphatic carbocycles. The van der Waals surface area contributed by atoms with Crippen LogP contribution in [0.2, 0.25) is 0 Å². The maximum Gasteiger partial charge on any atom is 0.0630 e. The van der Waals surface area contributed by atoms with Gasteiger partial charge in [-0.05, 0) is 25.1 Å². The van der Waals surface area contributed by atoms with Gasteiger partial charge in [0.2, 0.25) is 0 Å². The highest BCUT2D eigenvalue weighted by Gasteiger charge is 2.02. The molecule has 1 heterocycles. The normalized spacial score (nSPS) is 11.5. The number of benzene rings is 2. The van der Waals surface area contributed by atoms with E-state index in [4.69, 9.17) is 0 Å². The Balaban J connectivity index is 1.99. The second kappa shape index (κ2) is 4.73. The van der Waals surface area contributed by atoms with Gasteiger partial charge in [-0.2, -0.15) is 0 Å². The van der Waals surface area contributed by atoms with Crippen molar-refractivity contribution in [1.29, 1.82) is 0 Å². The molecule has 0 N–H and O–H groups in total. The number of hydrogen-bond acceptors (Lipinski definition) is 1. The predicted octanol–water partition coefficient (Wildman–Crippen LogP) is 4.24. The van der Waals surface area contributed by atoms with Crippen molar-refractivity contribution in [1.82, 2.24) is 4.57 Å². The lowest BCUT2D eigenvalue weighted by Crippen LogP contribution is -1.82. The van der Waals surface area contributed by atoms with Crippen molar-refractivity contribution in [2.45, 2.75) is 6.92 Å². The molecule has 19 heavy (non-hydrogen) atoms. The molecule has 0 amide bonds. The topological polar surface area (TPSA) is 17.3 Å². The second-order valence-electron chi connectivity index (χ2n) is 4.81. The number of nitrogens with zero attached hydrogens (tertiary/aromatic N) is 2. The molecule has 0 saturated carbocycles. The van der Waals surface area contributed by atoms with Crippen molar-refractivity contribution in [3.05, 3.63) is 65.9 Å². The summed E-state index contributed by atoms with van der Waals surface area (Å²) in [5.74, 6) is 0. The van der Waals surface area contributed by atoms with Crippen LogP contribution in [0.25, 0.3) is 10.9 Å². The molecule has 0 fully saturated rings. The smallest absolute Gasteiger partial charge is 0.0630 e. The Morgan fingerprint density at radius 3 is 2.53 bits per heavy atom. The van der Waals surface area contributed by atoms with Crippen LogP contribution in [0.5, 0.6) is 0 Å². The Bertz CT molecular complexity index is 734. The van der Waals surface area contributed by atoms with Gasteiger partial charge in [-0.15, -0.1) is 0 Å². The molecular formula is C17H16N2. The highest BCUT2D eigenvalue weighted by atomic mass is 14.9. The van der Waals surface area contributed by atoms with Gasteiger partial charge in [0.25, 0.3) is 0 Å². The van der Waals surface area contributed by atoms with Gasteiger partial charge in [-0.25, -0.2) is 0 Å². The van der Waals surface area contributed by atoms with Crippen molar-refractivity contribution in [3.63, 3.8) is 0 Å². The standard InChI is InChI=1S/C17H16N2/c1-13-7-9-15(10-8-13)18-11-14-12-19(2)17-6-4-3-5-16(14)17/h3-12H,1-2H3. The van der Waals surface area contributed by atoms with Gasteiger partial charge in [0, 0.05) is 35.9 Å². The van der Waals surface area contributed by atoms with Gasteiger partial charge >= 0.3 is 0 Å². The third kappa shape index (κ3) is 2.29. The number of aryl methyl sites for hydroxylation is 2. The Hall–Kier alpha value is -2.35. The summed E-state index contributed by atoms with van der Waals surface area (Å²) < 4.78 is 2.13. The molecule has 0 aliphatic heterocycles. The molecule has 1 aromatic heterocycles. The van der Waals surface area contributed by atoms with Gasteiger partial charge in [0.15, 0.2) is 0 Å². The average molecular weight is 248 g/mol. The van der Waals surface area contributed by atoms with Gasteiger partial charge < -0.3 is 4.57 Å². The quantitative estimate of drug-likeness (QED) is 0.604. The minimum absolute atomic E-state index is 0.985. The van der Waals surface area contributed by atoms with Crippen molar-refractivity contribution < 1.29 is 0 Å². The molecule has 0 saturated heterocycles. The van der Waals surface area contributed by atoms with Crippen LogP contribution >= 0.6 is 0 Å². The zero-order valence-corrected chi connectivity index (χ0v) is 11.2. The van der Waals surface area contributed by atoms with Crippen molar-refractivity contribution in [3.8, 4) is 0 Å². The fraction of sp³-hybridized carbons (Fsp3) is 0.118. The molecule has 2 aromatic carbocycles. The predicted molar refractivity (Wildman–Crippen MR) is 81.4 cm³/mol. The molecule has 0 bridgehead atoms. The second-order valence-corrected chi connectivity index (χ2v) is 4.81. The SMILES string of the molecule is Cc1ccc(N=Cc2cn(C)c3ccccc23)cc1. The van der Waals surface area contributed by atoms with Crippen LogP contribution in [-0.2, 0) is 7.05 Å². The number of fused-ring (bicyclic) bond motifs is 1. The number of rotatable bonds is 2. The molecule has 0 spiro atoms. The molecule has 0 atom stereocenters. The Kier molecular flexibility index (Phi) is 2.92. The Morgan fingerprint density at radius 2 is 1.74 bits per heavy atom. The van der Waals surface area contributed by atoms with E-state index >= 15 is 0 Å². The molecule has 0 aliphatic rings. The summed E-state index contributed by atoms with van der Waals surface area (Å²) in [4.78, 5) is 4.54. The lowest BCUT2D eigenvalue weighted by atomic mass is 10.2. The molecule has 3 aromatic rings. The molecular weight excluding hydrogens is 232 g/mol. The maximum absolute atomic E-state index is 4.54. The van der Waals surface area contributed by atoms with E-state index in [9.17, 15) is 0 Å². The van der Waals surface area contributed by atoms with E-state index in [1.807, 2.05) is 18.3 Å². The largest absolute Gasteiger partial charge is 0.350 e. The van der Waals surface area contributed by atoms with Crippen molar-refractivity contribution in [2.75, 3.05) is 0 Å². The highest BCUT2D eigenvalue weighted by Crippen LogP contribution is 2.20. The number of para-hydroxylation sites is 1. The lowest BCUT2D eigenvalue weighted by molar-refractivity contribution is 0.968.